The van der Waals surface area contributed by atoms with Gasteiger partial charge in [-0.2, -0.15) is 13.9 Å². The first-order chi connectivity index (χ1) is 16.2. The van der Waals surface area contributed by atoms with E-state index in [1.165, 1.54) is 19.2 Å². The number of carbonyl (C=O) groups excluding carboxylic acids is 3. The smallest absolute Gasteiger partial charge is 0.333 e. The number of nitrogens with one attached hydrogen (secondary N) is 3. The van der Waals surface area contributed by atoms with E-state index in [4.69, 9.17) is 4.42 Å². The number of likely N-dealkylation sites (N-methyl/N-ethyl adjacent to an activating group) is 1. The zero-order valence-corrected chi connectivity index (χ0v) is 18.8. The number of furan rings is 1. The Labute approximate surface area is 194 Å². The zero-order chi connectivity index (χ0) is 24.8. The summed E-state index contributed by atoms with van der Waals surface area (Å²) >= 11 is 0. The van der Waals surface area contributed by atoms with Gasteiger partial charge in [0.15, 0.2) is 5.76 Å². The van der Waals surface area contributed by atoms with Crippen molar-refractivity contribution in [2.24, 2.45) is 5.92 Å². The van der Waals surface area contributed by atoms with Gasteiger partial charge in [0, 0.05) is 25.4 Å². The van der Waals surface area contributed by atoms with Gasteiger partial charge in [-0.1, -0.05) is 32.0 Å². The highest BCUT2D eigenvalue weighted by atomic mass is 19.3. The van der Waals surface area contributed by atoms with E-state index in [9.17, 15) is 23.2 Å². The Morgan fingerprint density at radius 3 is 2.50 bits per heavy atom. The summed E-state index contributed by atoms with van der Waals surface area (Å²) in [5, 5.41) is 11.4. The van der Waals surface area contributed by atoms with Gasteiger partial charge >= 0.3 is 6.55 Å². The van der Waals surface area contributed by atoms with Crippen molar-refractivity contribution < 1.29 is 27.6 Å². The van der Waals surface area contributed by atoms with Crippen molar-refractivity contribution in [1.82, 2.24) is 25.7 Å². The van der Waals surface area contributed by atoms with Crippen LogP contribution in [0.3, 0.4) is 0 Å². The minimum atomic E-state index is -2.82. The highest BCUT2D eigenvalue weighted by Gasteiger charge is 2.25. The molecule has 0 fully saturated rings. The second-order valence-electron chi connectivity index (χ2n) is 7.82. The molecule has 34 heavy (non-hydrogen) atoms. The number of rotatable bonds is 9. The van der Waals surface area contributed by atoms with Gasteiger partial charge in [0.1, 0.15) is 17.5 Å². The molecule has 1 atom stereocenters. The number of carbonyl (C=O) groups is 3. The summed E-state index contributed by atoms with van der Waals surface area (Å²) in [7, 11) is 1.50. The van der Waals surface area contributed by atoms with Crippen LogP contribution in [0.5, 0.6) is 0 Å². The molecule has 2 heterocycles. The molecule has 3 amide bonds. The minimum Gasteiger partial charge on any atom is -0.451 e. The Bertz CT molecular complexity index is 1170. The second kappa shape index (κ2) is 10.7. The fourth-order valence-electron chi connectivity index (χ4n) is 3.19. The van der Waals surface area contributed by atoms with Crippen LogP contribution in [0, 0.1) is 5.92 Å². The van der Waals surface area contributed by atoms with Crippen molar-refractivity contribution in [2.45, 2.75) is 33.0 Å². The molecule has 0 bridgehead atoms. The van der Waals surface area contributed by atoms with Crippen LogP contribution in [-0.2, 0) is 11.3 Å². The van der Waals surface area contributed by atoms with E-state index < -0.39 is 24.4 Å². The average Bonchev–Trinajstić information content (AvgIpc) is 3.51. The number of amides is 3. The van der Waals surface area contributed by atoms with Gasteiger partial charge in [0.05, 0.1) is 0 Å². The van der Waals surface area contributed by atoms with E-state index in [1.54, 1.807) is 30.3 Å². The SMILES string of the molecule is CNC(=O)C(NC(=O)c1ccc(-c2cccc(CNC(=O)c3ccn(C(F)F)n3)c2)o1)C(C)C. The molecule has 1 unspecified atom stereocenters. The fraction of sp³-hybridized carbons (Fsp3) is 0.304. The summed E-state index contributed by atoms with van der Waals surface area (Å²) in [6.07, 6.45) is 1.03. The Hall–Kier alpha value is -4.02. The molecule has 3 N–H and O–H groups in total. The summed E-state index contributed by atoms with van der Waals surface area (Å²) in [5.41, 5.74) is 1.27. The normalized spacial score (nSPS) is 12.0. The zero-order valence-electron chi connectivity index (χ0n) is 18.8. The number of hydrogen-bond donors (Lipinski definition) is 3. The maximum absolute atomic E-state index is 12.6. The molecule has 180 valence electrons. The molecule has 11 heteroatoms. The number of nitrogens with zero attached hydrogens (tertiary/aromatic N) is 2. The fourth-order valence-corrected chi connectivity index (χ4v) is 3.19. The Balaban J connectivity index is 1.66. The first-order valence-electron chi connectivity index (χ1n) is 10.5. The largest absolute Gasteiger partial charge is 0.451 e. The maximum atomic E-state index is 12.6. The minimum absolute atomic E-state index is 0.0536. The molecule has 0 spiro atoms. The predicted molar refractivity (Wildman–Crippen MR) is 119 cm³/mol. The quantitative estimate of drug-likeness (QED) is 0.442. The van der Waals surface area contributed by atoms with Gasteiger partial charge in [0.2, 0.25) is 5.91 Å². The molecular weight excluding hydrogens is 448 g/mol. The van der Waals surface area contributed by atoms with Gasteiger partial charge in [-0.05, 0) is 35.7 Å². The standard InChI is InChI=1S/C23H25F2N5O4/c1-13(2)19(22(33)26-3)28-21(32)18-8-7-17(34-18)15-6-4-5-14(11-15)12-27-20(31)16-9-10-30(29-16)23(24)25/h4-11,13,19,23H,12H2,1-3H3,(H,26,33)(H,27,31)(H,28,32). The van der Waals surface area contributed by atoms with E-state index in [2.05, 4.69) is 21.0 Å². The first-order valence-corrected chi connectivity index (χ1v) is 10.5. The van der Waals surface area contributed by atoms with Crippen LogP contribution in [0.25, 0.3) is 11.3 Å². The van der Waals surface area contributed by atoms with Gasteiger partial charge < -0.3 is 20.4 Å². The third kappa shape index (κ3) is 5.85. The third-order valence-corrected chi connectivity index (χ3v) is 5.02. The van der Waals surface area contributed by atoms with E-state index in [-0.39, 0.29) is 29.8 Å². The molecule has 0 saturated heterocycles. The lowest BCUT2D eigenvalue weighted by molar-refractivity contribution is -0.123. The summed E-state index contributed by atoms with van der Waals surface area (Å²) < 4.78 is 31.3. The van der Waals surface area contributed by atoms with Crippen LogP contribution in [0.2, 0.25) is 0 Å². The number of alkyl halides is 2. The number of hydrogen-bond acceptors (Lipinski definition) is 5. The monoisotopic (exact) mass is 473 g/mol. The molecule has 0 aliphatic carbocycles. The topological polar surface area (TPSA) is 118 Å². The highest BCUT2D eigenvalue weighted by molar-refractivity contribution is 5.96. The molecule has 0 saturated carbocycles. The number of aromatic nitrogens is 2. The van der Waals surface area contributed by atoms with Gasteiger partial charge in [-0.25, -0.2) is 4.68 Å². The molecule has 2 aromatic heterocycles. The molecule has 0 radical (unpaired) electrons. The number of halogens is 2. The Kier molecular flexibility index (Phi) is 7.77. The van der Waals surface area contributed by atoms with Crippen LogP contribution in [0.15, 0.2) is 53.1 Å². The van der Waals surface area contributed by atoms with Gasteiger partial charge in [-0.15, -0.1) is 0 Å². The van der Waals surface area contributed by atoms with E-state index in [1.807, 2.05) is 13.8 Å². The van der Waals surface area contributed by atoms with Crippen molar-refractivity contribution in [3.8, 4) is 11.3 Å². The highest BCUT2D eigenvalue weighted by Crippen LogP contribution is 2.23. The molecule has 9 nitrogen and oxygen atoms in total. The van der Waals surface area contributed by atoms with Crippen molar-refractivity contribution in [1.29, 1.82) is 0 Å². The summed E-state index contributed by atoms with van der Waals surface area (Å²) in [6, 6.07) is 10.7. The van der Waals surface area contributed by atoms with Crippen LogP contribution in [0.4, 0.5) is 8.78 Å². The Morgan fingerprint density at radius 2 is 1.85 bits per heavy atom. The molecule has 3 aromatic rings. The molecular formula is C23H25F2N5O4. The third-order valence-electron chi connectivity index (χ3n) is 5.02. The molecule has 3 rings (SSSR count). The van der Waals surface area contributed by atoms with Crippen molar-refractivity contribution in [3.63, 3.8) is 0 Å². The predicted octanol–water partition coefficient (Wildman–Crippen LogP) is 2.97. The van der Waals surface area contributed by atoms with Crippen molar-refractivity contribution in [3.05, 3.63) is 65.7 Å². The Morgan fingerprint density at radius 1 is 1.09 bits per heavy atom. The van der Waals surface area contributed by atoms with E-state index in [0.29, 0.717) is 16.0 Å². The number of benzene rings is 1. The van der Waals surface area contributed by atoms with Crippen LogP contribution in [-0.4, -0.2) is 40.6 Å². The molecule has 1 aromatic carbocycles. The lowest BCUT2D eigenvalue weighted by atomic mass is 10.0. The summed E-state index contributed by atoms with van der Waals surface area (Å²) in [5.74, 6) is -1.04. The molecule has 0 aliphatic rings. The lowest BCUT2D eigenvalue weighted by Crippen LogP contribution is -2.48. The summed E-state index contributed by atoms with van der Waals surface area (Å²) in [6.45, 7) is 0.952. The lowest BCUT2D eigenvalue weighted by Gasteiger charge is -2.19. The first kappa shape index (κ1) is 24.6. The molecule has 0 aliphatic heterocycles. The summed E-state index contributed by atoms with van der Waals surface area (Å²) in [4.78, 5) is 36.7. The van der Waals surface area contributed by atoms with E-state index >= 15 is 0 Å². The second-order valence-corrected chi connectivity index (χ2v) is 7.82. The van der Waals surface area contributed by atoms with Crippen LogP contribution in [0.1, 0.15) is 47.0 Å². The average molecular weight is 473 g/mol. The van der Waals surface area contributed by atoms with Gasteiger partial charge in [0.25, 0.3) is 11.8 Å². The van der Waals surface area contributed by atoms with Gasteiger partial charge in [-0.3, -0.25) is 14.4 Å². The maximum Gasteiger partial charge on any atom is 0.333 e. The van der Waals surface area contributed by atoms with Crippen LogP contribution < -0.4 is 16.0 Å². The van der Waals surface area contributed by atoms with Crippen LogP contribution >= 0.6 is 0 Å². The van der Waals surface area contributed by atoms with Crippen molar-refractivity contribution in [2.75, 3.05) is 7.05 Å². The van der Waals surface area contributed by atoms with E-state index in [0.717, 1.165) is 11.8 Å². The van der Waals surface area contributed by atoms with Crippen molar-refractivity contribution >= 4 is 17.7 Å².